The summed E-state index contributed by atoms with van der Waals surface area (Å²) in [6, 6.07) is 5.24. The number of nitrogen functional groups attached to an aromatic ring is 1. The lowest BCUT2D eigenvalue weighted by atomic mass is 10.2. The highest BCUT2D eigenvalue weighted by atomic mass is 16.4. The van der Waals surface area contributed by atoms with Crippen LogP contribution < -0.4 is 5.73 Å². The van der Waals surface area contributed by atoms with E-state index < -0.39 is 5.97 Å². The molecule has 0 aliphatic rings. The van der Waals surface area contributed by atoms with Crippen molar-refractivity contribution < 1.29 is 14.3 Å². The van der Waals surface area contributed by atoms with Crippen molar-refractivity contribution in [1.29, 1.82) is 0 Å². The number of nitrogens with zero attached hydrogens (tertiary/aromatic N) is 1. The van der Waals surface area contributed by atoms with E-state index in [1.807, 2.05) is 0 Å². The van der Waals surface area contributed by atoms with Crippen molar-refractivity contribution >= 4 is 29.2 Å². The van der Waals surface area contributed by atoms with Gasteiger partial charge in [0.05, 0.1) is 0 Å². The number of rotatable bonds is 2. The van der Waals surface area contributed by atoms with Crippen LogP contribution in [0.2, 0.25) is 0 Å². The fourth-order valence-corrected chi connectivity index (χ4v) is 1.23. The molecule has 0 bridgehead atoms. The summed E-state index contributed by atoms with van der Waals surface area (Å²) < 4.78 is 5.10. The minimum atomic E-state index is -0.993. The van der Waals surface area contributed by atoms with Crippen LogP contribution in [0.15, 0.2) is 28.7 Å². The van der Waals surface area contributed by atoms with Gasteiger partial charge in [0.1, 0.15) is 5.52 Å². The van der Waals surface area contributed by atoms with Gasteiger partial charge in [0.2, 0.25) is 0 Å². The lowest BCUT2D eigenvalue weighted by molar-refractivity contribution is -0.131. The van der Waals surface area contributed by atoms with Crippen molar-refractivity contribution in [2.24, 2.45) is 0 Å². The number of aromatic nitrogens is 1. The summed E-state index contributed by atoms with van der Waals surface area (Å²) in [5.41, 5.74) is 7.29. The monoisotopic (exact) mass is 204 g/mol. The summed E-state index contributed by atoms with van der Waals surface area (Å²) in [5.74, 6) is -0.993. The summed E-state index contributed by atoms with van der Waals surface area (Å²) in [6.07, 6.45) is 2.53. The van der Waals surface area contributed by atoms with Gasteiger partial charge in [0.15, 0.2) is 5.58 Å². The third-order valence-electron chi connectivity index (χ3n) is 1.85. The molecule has 5 nitrogen and oxygen atoms in total. The van der Waals surface area contributed by atoms with E-state index in [4.69, 9.17) is 15.3 Å². The smallest absolute Gasteiger partial charge is 0.328 e. The molecule has 0 spiro atoms. The van der Waals surface area contributed by atoms with Gasteiger partial charge in [-0.1, -0.05) is 6.07 Å². The van der Waals surface area contributed by atoms with Gasteiger partial charge in [-0.25, -0.2) is 4.79 Å². The molecular weight excluding hydrogens is 196 g/mol. The molecule has 0 saturated heterocycles. The molecule has 0 atom stereocenters. The van der Waals surface area contributed by atoms with Crippen molar-refractivity contribution in [3.8, 4) is 0 Å². The van der Waals surface area contributed by atoms with Gasteiger partial charge in [0, 0.05) is 6.08 Å². The molecule has 2 rings (SSSR count). The topological polar surface area (TPSA) is 89.3 Å². The number of nitrogens with two attached hydrogens (primary N) is 1. The number of carboxylic acids is 1. The Balaban J connectivity index is 2.42. The number of aliphatic carboxylic acids is 1. The highest BCUT2D eigenvalue weighted by Crippen LogP contribution is 2.18. The van der Waals surface area contributed by atoms with E-state index in [0.717, 1.165) is 11.6 Å². The zero-order valence-corrected chi connectivity index (χ0v) is 7.68. The van der Waals surface area contributed by atoms with Crippen molar-refractivity contribution in [3.63, 3.8) is 0 Å². The molecule has 0 radical (unpaired) electrons. The van der Waals surface area contributed by atoms with Crippen molar-refractivity contribution in [3.05, 3.63) is 29.8 Å². The van der Waals surface area contributed by atoms with E-state index in [0.29, 0.717) is 11.1 Å². The molecule has 76 valence electrons. The average molecular weight is 204 g/mol. The van der Waals surface area contributed by atoms with Crippen LogP contribution in [0.4, 0.5) is 6.01 Å². The summed E-state index contributed by atoms with van der Waals surface area (Å²) in [6.45, 7) is 0. The van der Waals surface area contributed by atoms with E-state index >= 15 is 0 Å². The number of oxazole rings is 1. The summed E-state index contributed by atoms with van der Waals surface area (Å²) in [4.78, 5) is 14.2. The fraction of sp³-hybridized carbons (Fsp3) is 0. The molecular formula is C10H8N2O3. The van der Waals surface area contributed by atoms with E-state index in [1.165, 1.54) is 6.08 Å². The molecule has 15 heavy (non-hydrogen) atoms. The standard InChI is InChI=1S/C10H8N2O3/c11-10-12-7-3-1-6(2-4-9(13)14)5-8(7)15-10/h1-5H,(H2,11,12)(H,13,14)/b4-2+. The first kappa shape index (κ1) is 9.26. The van der Waals surface area contributed by atoms with Gasteiger partial charge in [-0.3, -0.25) is 0 Å². The zero-order chi connectivity index (χ0) is 10.8. The number of hydrogen-bond donors (Lipinski definition) is 2. The molecule has 2 aromatic rings. The van der Waals surface area contributed by atoms with Crippen LogP contribution in [0.25, 0.3) is 17.2 Å². The molecule has 0 unspecified atom stereocenters. The minimum Gasteiger partial charge on any atom is -0.478 e. The molecule has 1 aromatic carbocycles. The Morgan fingerprint density at radius 1 is 1.53 bits per heavy atom. The second kappa shape index (κ2) is 3.45. The molecule has 0 fully saturated rings. The highest BCUT2D eigenvalue weighted by Gasteiger charge is 2.02. The van der Waals surface area contributed by atoms with E-state index in [9.17, 15) is 4.79 Å². The number of benzene rings is 1. The van der Waals surface area contributed by atoms with Gasteiger partial charge in [-0.05, 0) is 23.8 Å². The Hall–Kier alpha value is -2.30. The normalized spacial score (nSPS) is 11.2. The zero-order valence-electron chi connectivity index (χ0n) is 7.68. The second-order valence-electron chi connectivity index (χ2n) is 2.95. The molecule has 0 aliphatic heterocycles. The van der Waals surface area contributed by atoms with Crippen LogP contribution in [-0.2, 0) is 4.79 Å². The number of carbonyl (C=O) groups is 1. The van der Waals surface area contributed by atoms with Gasteiger partial charge in [0.25, 0.3) is 6.01 Å². The van der Waals surface area contributed by atoms with Crippen LogP contribution in [0, 0.1) is 0 Å². The number of hydrogen-bond acceptors (Lipinski definition) is 4. The van der Waals surface area contributed by atoms with E-state index in [2.05, 4.69) is 4.98 Å². The van der Waals surface area contributed by atoms with Crippen molar-refractivity contribution in [2.75, 3.05) is 5.73 Å². The average Bonchev–Trinajstić information content (AvgIpc) is 2.53. The van der Waals surface area contributed by atoms with Crippen LogP contribution in [0.1, 0.15) is 5.56 Å². The number of anilines is 1. The van der Waals surface area contributed by atoms with Gasteiger partial charge >= 0.3 is 5.97 Å². The fourth-order valence-electron chi connectivity index (χ4n) is 1.23. The molecule has 0 saturated carbocycles. The highest BCUT2D eigenvalue weighted by molar-refractivity contribution is 5.86. The predicted molar refractivity (Wildman–Crippen MR) is 55.1 cm³/mol. The second-order valence-corrected chi connectivity index (χ2v) is 2.95. The first-order valence-corrected chi connectivity index (χ1v) is 4.22. The number of fused-ring (bicyclic) bond motifs is 1. The lowest BCUT2D eigenvalue weighted by Crippen LogP contribution is -1.85. The quantitative estimate of drug-likeness (QED) is 0.723. The van der Waals surface area contributed by atoms with Crippen molar-refractivity contribution in [1.82, 2.24) is 4.98 Å². The third kappa shape index (κ3) is 1.96. The first-order chi connectivity index (χ1) is 7.15. The SMILES string of the molecule is Nc1nc2ccc(/C=C/C(=O)O)cc2o1. The number of carboxylic acid groups (broad SMARTS) is 1. The molecule has 0 amide bonds. The predicted octanol–water partition coefficient (Wildman–Crippen LogP) is 1.51. The van der Waals surface area contributed by atoms with Gasteiger partial charge in [-0.2, -0.15) is 4.98 Å². The Labute approximate surface area is 84.8 Å². The van der Waals surface area contributed by atoms with E-state index in [1.54, 1.807) is 18.2 Å². The Morgan fingerprint density at radius 2 is 2.33 bits per heavy atom. The maximum Gasteiger partial charge on any atom is 0.328 e. The van der Waals surface area contributed by atoms with E-state index in [-0.39, 0.29) is 6.01 Å². The Morgan fingerprint density at radius 3 is 3.07 bits per heavy atom. The Kier molecular flexibility index (Phi) is 2.13. The van der Waals surface area contributed by atoms with Gasteiger partial charge < -0.3 is 15.3 Å². The summed E-state index contributed by atoms with van der Waals surface area (Å²) >= 11 is 0. The van der Waals surface area contributed by atoms with Gasteiger partial charge in [-0.15, -0.1) is 0 Å². The summed E-state index contributed by atoms with van der Waals surface area (Å²) in [7, 11) is 0. The molecule has 5 heteroatoms. The molecule has 1 aromatic heterocycles. The maximum atomic E-state index is 10.3. The van der Waals surface area contributed by atoms with Crippen LogP contribution in [-0.4, -0.2) is 16.1 Å². The van der Waals surface area contributed by atoms with Crippen molar-refractivity contribution in [2.45, 2.75) is 0 Å². The largest absolute Gasteiger partial charge is 0.478 e. The minimum absolute atomic E-state index is 0.101. The Bertz CT molecular complexity index is 543. The molecule has 3 N–H and O–H groups in total. The third-order valence-corrected chi connectivity index (χ3v) is 1.85. The van der Waals surface area contributed by atoms with Crippen LogP contribution in [0.5, 0.6) is 0 Å². The lowest BCUT2D eigenvalue weighted by Gasteiger charge is -1.90. The first-order valence-electron chi connectivity index (χ1n) is 4.22. The van der Waals surface area contributed by atoms with Crippen LogP contribution >= 0.6 is 0 Å². The maximum absolute atomic E-state index is 10.3. The molecule has 0 aliphatic carbocycles. The molecule has 1 heterocycles. The summed E-state index contributed by atoms with van der Waals surface area (Å²) in [5, 5.41) is 8.45. The van der Waals surface area contributed by atoms with Crippen LogP contribution in [0.3, 0.4) is 0 Å².